The highest BCUT2D eigenvalue weighted by atomic mass is 32.1. The van der Waals surface area contributed by atoms with E-state index in [1.54, 1.807) is 7.05 Å². The monoisotopic (exact) mass is 262 g/mol. The average molecular weight is 262 g/mol. The van der Waals surface area contributed by atoms with E-state index < -0.39 is 5.91 Å². The number of carbonyl (C=O) groups is 2. The van der Waals surface area contributed by atoms with E-state index in [2.05, 4.69) is 5.32 Å². The molecule has 1 amide bonds. The number of primary amides is 1. The molecule has 0 aliphatic rings. The molecule has 0 saturated heterocycles. The van der Waals surface area contributed by atoms with Gasteiger partial charge in [-0.3, -0.25) is 4.79 Å². The lowest BCUT2D eigenvalue weighted by Gasteiger charge is -1.96. The van der Waals surface area contributed by atoms with E-state index >= 15 is 0 Å². The van der Waals surface area contributed by atoms with Gasteiger partial charge in [0, 0.05) is 11.9 Å². The topological polar surface area (TPSA) is 72.2 Å². The molecule has 0 fully saturated rings. The summed E-state index contributed by atoms with van der Waals surface area (Å²) in [6.45, 7) is 2.00. The highest BCUT2D eigenvalue weighted by molar-refractivity contribution is 7.19. The van der Waals surface area contributed by atoms with E-state index in [4.69, 9.17) is 10.5 Å². The zero-order chi connectivity index (χ0) is 13.5. The van der Waals surface area contributed by atoms with Gasteiger partial charge >= 0.3 is 0 Å². The van der Waals surface area contributed by atoms with Crippen molar-refractivity contribution in [1.29, 1.82) is 0 Å². The Morgan fingerprint density at radius 2 is 1.89 bits per heavy atom. The van der Waals surface area contributed by atoms with Gasteiger partial charge in [-0.15, -0.1) is 11.3 Å². The van der Waals surface area contributed by atoms with Crippen LogP contribution in [-0.4, -0.2) is 19.7 Å². The molecule has 94 valence electrons. The van der Waals surface area contributed by atoms with Gasteiger partial charge in [-0.2, -0.15) is 0 Å². The van der Waals surface area contributed by atoms with Gasteiger partial charge < -0.3 is 15.8 Å². The maximum atomic E-state index is 11.2. The van der Waals surface area contributed by atoms with E-state index in [9.17, 15) is 4.79 Å². The summed E-state index contributed by atoms with van der Waals surface area (Å²) in [5.74, 6) is -0.400. The van der Waals surface area contributed by atoms with Crippen LogP contribution in [0.15, 0.2) is 36.4 Å². The van der Waals surface area contributed by atoms with Crippen LogP contribution in [-0.2, 0) is 4.79 Å². The van der Waals surface area contributed by atoms with Gasteiger partial charge in [0.2, 0.25) is 0 Å². The highest BCUT2D eigenvalue weighted by Crippen LogP contribution is 2.34. The third-order valence-electron chi connectivity index (χ3n) is 2.28. The number of amides is 1. The van der Waals surface area contributed by atoms with Crippen LogP contribution in [0.4, 0.5) is 5.00 Å². The molecule has 18 heavy (non-hydrogen) atoms. The van der Waals surface area contributed by atoms with Crippen molar-refractivity contribution >= 4 is 29.0 Å². The molecule has 0 bridgehead atoms. The van der Waals surface area contributed by atoms with Gasteiger partial charge in [0.05, 0.1) is 5.56 Å². The standard InChI is InChI=1S/C12H12N2OS.CH2O/c1-14-12-9(11(13)15)7-10(16-12)8-5-3-2-4-6-8;1-2/h2-7,14H,1H3,(H2,13,15);1H2. The third kappa shape index (κ3) is 2.95. The number of carbonyl (C=O) groups excluding carboxylic acids is 2. The first-order chi connectivity index (χ1) is 8.72. The van der Waals surface area contributed by atoms with Crippen molar-refractivity contribution in [2.45, 2.75) is 0 Å². The normalized spacial score (nSPS) is 9.17. The van der Waals surface area contributed by atoms with Gasteiger partial charge in [0.1, 0.15) is 11.8 Å². The van der Waals surface area contributed by atoms with Crippen molar-refractivity contribution in [3.63, 3.8) is 0 Å². The summed E-state index contributed by atoms with van der Waals surface area (Å²) in [5.41, 5.74) is 6.95. The molecule has 0 unspecified atom stereocenters. The number of rotatable bonds is 3. The molecular formula is C13H14N2O2S. The van der Waals surface area contributed by atoms with Crippen LogP contribution in [0.3, 0.4) is 0 Å². The van der Waals surface area contributed by atoms with Gasteiger partial charge in [0.25, 0.3) is 5.91 Å². The molecule has 1 aromatic carbocycles. The summed E-state index contributed by atoms with van der Waals surface area (Å²) < 4.78 is 0. The molecule has 1 heterocycles. The van der Waals surface area contributed by atoms with Crippen LogP contribution in [0.5, 0.6) is 0 Å². The van der Waals surface area contributed by atoms with E-state index in [0.29, 0.717) is 5.56 Å². The predicted molar refractivity (Wildman–Crippen MR) is 74.9 cm³/mol. The zero-order valence-corrected chi connectivity index (χ0v) is 10.8. The molecule has 0 saturated carbocycles. The van der Waals surface area contributed by atoms with Crippen molar-refractivity contribution in [2.24, 2.45) is 5.73 Å². The number of hydrogen-bond acceptors (Lipinski definition) is 4. The summed E-state index contributed by atoms with van der Waals surface area (Å²) in [6, 6.07) is 11.8. The van der Waals surface area contributed by atoms with Crippen molar-refractivity contribution in [3.8, 4) is 10.4 Å². The molecule has 0 aliphatic carbocycles. The molecule has 2 aromatic rings. The molecule has 4 nitrogen and oxygen atoms in total. The lowest BCUT2D eigenvalue weighted by molar-refractivity contribution is -0.0979. The minimum atomic E-state index is -0.400. The molecule has 5 heteroatoms. The second-order valence-electron chi connectivity index (χ2n) is 3.33. The number of anilines is 1. The molecule has 3 N–H and O–H groups in total. The SMILES string of the molecule is C=O.CNc1sc(-c2ccccc2)cc1C(N)=O. The van der Waals surface area contributed by atoms with Crippen LogP contribution in [0.2, 0.25) is 0 Å². The maximum absolute atomic E-state index is 11.2. The van der Waals surface area contributed by atoms with Crippen molar-refractivity contribution in [1.82, 2.24) is 0 Å². The van der Waals surface area contributed by atoms with E-state index in [-0.39, 0.29) is 0 Å². The smallest absolute Gasteiger partial charge is 0.251 e. The van der Waals surface area contributed by atoms with Crippen molar-refractivity contribution in [3.05, 3.63) is 42.0 Å². The van der Waals surface area contributed by atoms with Crippen LogP contribution in [0.1, 0.15) is 10.4 Å². The van der Waals surface area contributed by atoms with Gasteiger partial charge in [-0.25, -0.2) is 0 Å². The summed E-state index contributed by atoms with van der Waals surface area (Å²) in [6.07, 6.45) is 0. The largest absolute Gasteiger partial charge is 0.379 e. The second-order valence-corrected chi connectivity index (χ2v) is 4.39. The predicted octanol–water partition coefficient (Wildman–Crippen LogP) is 2.37. The minimum absolute atomic E-state index is 0.400. The first-order valence-corrected chi connectivity index (χ1v) is 5.99. The second kappa shape index (κ2) is 6.56. The van der Waals surface area contributed by atoms with Gasteiger partial charge in [-0.1, -0.05) is 30.3 Å². The third-order valence-corrected chi connectivity index (χ3v) is 3.48. The molecule has 2 rings (SSSR count). The molecule has 0 atom stereocenters. The molecule has 0 radical (unpaired) electrons. The van der Waals surface area contributed by atoms with Crippen molar-refractivity contribution in [2.75, 3.05) is 12.4 Å². The first-order valence-electron chi connectivity index (χ1n) is 5.18. The van der Waals surface area contributed by atoms with Crippen LogP contribution < -0.4 is 11.1 Å². The van der Waals surface area contributed by atoms with E-state index in [0.717, 1.165) is 15.4 Å². The van der Waals surface area contributed by atoms with E-state index in [1.807, 2.05) is 43.2 Å². The molecular weight excluding hydrogens is 248 g/mol. The number of nitrogens with one attached hydrogen (secondary N) is 1. The summed E-state index contributed by atoms with van der Waals surface area (Å²) in [5, 5.41) is 3.80. The Kier molecular flexibility index (Phi) is 5.07. The number of hydrogen-bond donors (Lipinski definition) is 2. The Bertz CT molecular complexity index is 523. The summed E-state index contributed by atoms with van der Waals surface area (Å²) in [7, 11) is 1.78. The Morgan fingerprint density at radius 3 is 2.33 bits per heavy atom. The van der Waals surface area contributed by atoms with Crippen LogP contribution in [0.25, 0.3) is 10.4 Å². The van der Waals surface area contributed by atoms with Crippen LogP contribution in [0, 0.1) is 0 Å². The fourth-order valence-electron chi connectivity index (χ4n) is 1.50. The minimum Gasteiger partial charge on any atom is -0.379 e. The fourth-order valence-corrected chi connectivity index (χ4v) is 2.53. The zero-order valence-electron chi connectivity index (χ0n) is 9.97. The van der Waals surface area contributed by atoms with Gasteiger partial charge in [0.15, 0.2) is 0 Å². The Morgan fingerprint density at radius 1 is 1.28 bits per heavy atom. The van der Waals surface area contributed by atoms with Gasteiger partial charge in [-0.05, 0) is 11.6 Å². The van der Waals surface area contributed by atoms with Crippen LogP contribution >= 0.6 is 11.3 Å². The van der Waals surface area contributed by atoms with Crippen molar-refractivity contribution < 1.29 is 9.59 Å². The summed E-state index contributed by atoms with van der Waals surface area (Å²) in [4.78, 5) is 20.3. The lowest BCUT2D eigenvalue weighted by atomic mass is 10.1. The highest BCUT2D eigenvalue weighted by Gasteiger charge is 2.13. The quantitative estimate of drug-likeness (QED) is 0.892. The summed E-state index contributed by atoms with van der Waals surface area (Å²) >= 11 is 1.53. The lowest BCUT2D eigenvalue weighted by Crippen LogP contribution is -2.11. The number of nitrogens with two attached hydrogens (primary N) is 1. The Balaban J connectivity index is 0.000000771. The molecule has 1 aromatic heterocycles. The van der Waals surface area contributed by atoms with E-state index in [1.165, 1.54) is 11.3 Å². The number of benzene rings is 1. The number of thiophene rings is 1. The first kappa shape index (κ1) is 13.9. The Hall–Kier alpha value is -2.14. The molecule has 0 aliphatic heterocycles. The Labute approximate surface area is 109 Å². The molecule has 0 spiro atoms. The average Bonchev–Trinajstić information content (AvgIpc) is 2.86. The maximum Gasteiger partial charge on any atom is 0.251 e. The fraction of sp³-hybridized carbons (Fsp3) is 0.0769.